The third-order valence-electron chi connectivity index (χ3n) is 6.42. The van der Waals surface area contributed by atoms with E-state index < -0.39 is 12.1 Å². The Morgan fingerprint density at radius 1 is 1.27 bits per heavy atom. The van der Waals surface area contributed by atoms with E-state index in [0.717, 1.165) is 49.8 Å². The van der Waals surface area contributed by atoms with Crippen molar-refractivity contribution in [1.82, 2.24) is 0 Å². The normalized spacial score (nSPS) is 23.0. The molecule has 166 valence electrons. The number of amides is 1. The highest BCUT2D eigenvalue weighted by Crippen LogP contribution is 2.39. The van der Waals surface area contributed by atoms with E-state index in [2.05, 4.69) is 13.0 Å². The zero-order valence-corrected chi connectivity index (χ0v) is 19.0. The molecule has 6 heteroatoms. The molecule has 0 radical (unpaired) electrons. The Morgan fingerprint density at radius 3 is 2.60 bits per heavy atom. The van der Waals surface area contributed by atoms with Crippen molar-refractivity contribution >= 4 is 34.5 Å². The van der Waals surface area contributed by atoms with Crippen LogP contribution in [0, 0.1) is 11.8 Å². The van der Waals surface area contributed by atoms with Crippen molar-refractivity contribution in [3.05, 3.63) is 21.9 Å². The average Bonchev–Trinajstić information content (AvgIpc) is 3.17. The molecule has 1 saturated carbocycles. The number of alkyl halides is 1. The van der Waals surface area contributed by atoms with Gasteiger partial charge in [0.2, 0.25) is 5.91 Å². The van der Waals surface area contributed by atoms with Crippen LogP contribution >= 0.6 is 11.3 Å². The highest BCUT2D eigenvalue weighted by Gasteiger charge is 2.32. The largest absolute Gasteiger partial charge is 0.477 e. The fourth-order valence-corrected chi connectivity index (χ4v) is 5.63. The maximum absolute atomic E-state index is 13.5. The van der Waals surface area contributed by atoms with E-state index in [9.17, 15) is 19.1 Å². The number of hydrogen-bond donors (Lipinski definition) is 1. The van der Waals surface area contributed by atoms with E-state index >= 15 is 0 Å². The van der Waals surface area contributed by atoms with Crippen LogP contribution in [-0.2, 0) is 4.79 Å². The van der Waals surface area contributed by atoms with Gasteiger partial charge < -0.3 is 10.0 Å². The summed E-state index contributed by atoms with van der Waals surface area (Å²) < 4.78 is 13.4. The summed E-state index contributed by atoms with van der Waals surface area (Å²) in [4.78, 5) is 28.4. The molecule has 0 aliphatic heterocycles. The molecule has 1 N–H and O–H groups in total. The molecule has 1 aromatic heterocycles. The summed E-state index contributed by atoms with van der Waals surface area (Å²) in [6, 6.07) is 1.90. The predicted octanol–water partition coefficient (Wildman–Crippen LogP) is 6.70. The van der Waals surface area contributed by atoms with Gasteiger partial charge in [0, 0.05) is 17.3 Å². The Balaban J connectivity index is 1.90. The highest BCUT2D eigenvalue weighted by molar-refractivity contribution is 7.15. The van der Waals surface area contributed by atoms with Crippen LogP contribution in [-0.4, -0.2) is 29.7 Å². The zero-order chi connectivity index (χ0) is 21.7. The molecule has 1 aromatic rings. The minimum absolute atomic E-state index is 0.0119. The maximum Gasteiger partial charge on any atom is 0.348 e. The first-order valence-electron chi connectivity index (χ1n) is 11.4. The number of hydrogen-bond acceptors (Lipinski definition) is 3. The number of anilines is 1. The molecular weight excluding hydrogens is 401 g/mol. The van der Waals surface area contributed by atoms with Crippen molar-refractivity contribution in [3.8, 4) is 0 Å². The molecule has 3 rings (SSSR count). The molecule has 1 amide bonds. The number of thiophene rings is 1. The van der Waals surface area contributed by atoms with Crippen LogP contribution in [0.3, 0.4) is 0 Å². The number of carboxylic acid groups (broad SMARTS) is 1. The number of carbonyl (C=O) groups excluding carboxylic acids is 1. The lowest BCUT2D eigenvalue weighted by atomic mass is 9.82. The van der Waals surface area contributed by atoms with Crippen molar-refractivity contribution in [2.75, 3.05) is 11.4 Å². The summed E-state index contributed by atoms with van der Waals surface area (Å²) in [6.07, 6.45) is 10.2. The van der Waals surface area contributed by atoms with Crippen molar-refractivity contribution in [1.29, 1.82) is 0 Å². The van der Waals surface area contributed by atoms with E-state index in [1.165, 1.54) is 30.3 Å². The zero-order valence-electron chi connectivity index (χ0n) is 18.2. The van der Waals surface area contributed by atoms with Crippen molar-refractivity contribution < 1.29 is 19.1 Å². The SMILES string of the molecule is CC(F)CCCN(C(=O)C1CCC(C)CC1)c1cc(C2=CCCCC2)sc1C(=O)O. The number of carbonyl (C=O) groups is 2. The molecule has 0 bridgehead atoms. The lowest BCUT2D eigenvalue weighted by molar-refractivity contribution is -0.123. The Labute approximate surface area is 183 Å². The number of rotatable bonds is 8. The molecule has 0 aromatic carbocycles. The lowest BCUT2D eigenvalue weighted by Crippen LogP contribution is -2.39. The molecular formula is C24H34FNO3S. The second kappa shape index (κ2) is 10.6. The molecule has 2 aliphatic rings. The van der Waals surface area contributed by atoms with Crippen molar-refractivity contribution in [3.63, 3.8) is 0 Å². The topological polar surface area (TPSA) is 57.6 Å². The van der Waals surface area contributed by atoms with E-state index in [1.807, 2.05) is 6.07 Å². The molecule has 1 atom stereocenters. The third-order valence-corrected chi connectivity index (χ3v) is 7.61. The number of aromatic carboxylic acids is 1. The van der Waals surface area contributed by atoms with Gasteiger partial charge in [0.05, 0.1) is 11.9 Å². The Hall–Kier alpha value is -1.69. The van der Waals surface area contributed by atoms with Gasteiger partial charge in [-0.25, -0.2) is 9.18 Å². The van der Waals surface area contributed by atoms with Gasteiger partial charge in [-0.3, -0.25) is 4.79 Å². The van der Waals surface area contributed by atoms with E-state index in [4.69, 9.17) is 0 Å². The lowest BCUT2D eigenvalue weighted by Gasteiger charge is -2.31. The summed E-state index contributed by atoms with van der Waals surface area (Å²) in [7, 11) is 0. The molecule has 0 saturated heterocycles. The van der Waals surface area contributed by atoms with Crippen LogP contribution in [0.1, 0.15) is 92.6 Å². The molecule has 2 aliphatic carbocycles. The van der Waals surface area contributed by atoms with Gasteiger partial charge in [0.15, 0.2) is 0 Å². The van der Waals surface area contributed by atoms with E-state index in [1.54, 1.807) is 4.90 Å². The quantitative estimate of drug-likeness (QED) is 0.494. The Morgan fingerprint density at radius 2 is 2.00 bits per heavy atom. The summed E-state index contributed by atoms with van der Waals surface area (Å²) in [5, 5.41) is 9.86. The number of allylic oxidation sites excluding steroid dienone is 2. The van der Waals surface area contributed by atoms with Gasteiger partial charge >= 0.3 is 5.97 Å². The molecule has 30 heavy (non-hydrogen) atoms. The average molecular weight is 436 g/mol. The summed E-state index contributed by atoms with van der Waals surface area (Å²) in [6.45, 7) is 4.11. The summed E-state index contributed by atoms with van der Waals surface area (Å²) in [5.41, 5.74) is 1.69. The van der Waals surface area contributed by atoms with Gasteiger partial charge in [-0.15, -0.1) is 11.3 Å². The van der Waals surface area contributed by atoms with Crippen molar-refractivity contribution in [2.45, 2.75) is 84.2 Å². The van der Waals surface area contributed by atoms with Crippen LogP contribution in [0.2, 0.25) is 0 Å². The minimum Gasteiger partial charge on any atom is -0.477 e. The number of nitrogens with zero attached hydrogens (tertiary/aromatic N) is 1. The molecule has 0 spiro atoms. The van der Waals surface area contributed by atoms with E-state index in [-0.39, 0.29) is 16.7 Å². The number of carboxylic acids is 1. The summed E-state index contributed by atoms with van der Waals surface area (Å²) >= 11 is 1.27. The second-order valence-corrected chi connectivity index (χ2v) is 10.0. The number of halogens is 1. The second-order valence-electron chi connectivity index (χ2n) is 8.97. The smallest absolute Gasteiger partial charge is 0.348 e. The molecule has 1 heterocycles. The van der Waals surface area contributed by atoms with Gasteiger partial charge in [-0.05, 0) is 88.7 Å². The monoisotopic (exact) mass is 435 g/mol. The van der Waals surface area contributed by atoms with Gasteiger partial charge in [0.1, 0.15) is 4.88 Å². The first kappa shape index (κ1) is 23.0. The van der Waals surface area contributed by atoms with E-state index in [0.29, 0.717) is 31.0 Å². The summed E-state index contributed by atoms with van der Waals surface area (Å²) in [5.74, 6) is -0.414. The van der Waals surface area contributed by atoms with Gasteiger partial charge in [-0.2, -0.15) is 0 Å². The minimum atomic E-state index is -0.994. The standard InChI is InChI=1S/C24H34FNO3S/c1-16-10-12-19(13-11-16)23(27)26(14-6-7-17(2)25)20-15-21(30-22(20)24(28)29)18-8-4-3-5-9-18/h8,15-17,19H,3-7,9-14H2,1-2H3,(H,28,29). The van der Waals surface area contributed by atoms with Crippen molar-refractivity contribution in [2.24, 2.45) is 11.8 Å². The third kappa shape index (κ3) is 5.71. The van der Waals surface area contributed by atoms with Crippen LogP contribution in [0.4, 0.5) is 10.1 Å². The predicted molar refractivity (Wildman–Crippen MR) is 121 cm³/mol. The fraction of sp³-hybridized carbons (Fsp3) is 0.667. The van der Waals surface area contributed by atoms with Crippen LogP contribution in [0.15, 0.2) is 12.1 Å². The highest BCUT2D eigenvalue weighted by atomic mass is 32.1. The first-order valence-corrected chi connectivity index (χ1v) is 12.2. The fourth-order valence-electron chi connectivity index (χ4n) is 4.56. The molecule has 1 unspecified atom stereocenters. The molecule has 1 fully saturated rings. The first-order chi connectivity index (χ1) is 14.4. The maximum atomic E-state index is 13.5. The van der Waals surface area contributed by atoms with Crippen LogP contribution < -0.4 is 4.90 Å². The van der Waals surface area contributed by atoms with Gasteiger partial charge in [-0.1, -0.05) is 13.0 Å². The van der Waals surface area contributed by atoms with Gasteiger partial charge in [0.25, 0.3) is 0 Å². The van der Waals surface area contributed by atoms with Crippen LogP contribution in [0.25, 0.3) is 5.57 Å². The Bertz CT molecular complexity index is 777. The molecule has 4 nitrogen and oxygen atoms in total. The van der Waals surface area contributed by atoms with Crippen LogP contribution in [0.5, 0.6) is 0 Å². The Kier molecular flexibility index (Phi) is 8.09.